The summed E-state index contributed by atoms with van der Waals surface area (Å²) in [4.78, 5) is 12.6. The van der Waals surface area contributed by atoms with Crippen molar-refractivity contribution in [3.05, 3.63) is 34.3 Å². The van der Waals surface area contributed by atoms with E-state index in [9.17, 15) is 4.79 Å². The van der Waals surface area contributed by atoms with Crippen molar-refractivity contribution >= 4 is 17.6 Å². The fraction of sp³-hybridized carbons (Fsp3) is 0.385. The molecule has 5 heteroatoms. The number of carboxylic acids is 1. The Morgan fingerprint density at radius 1 is 1.56 bits per heavy atom. The van der Waals surface area contributed by atoms with Gasteiger partial charge >= 0.3 is 5.97 Å². The fourth-order valence-electron chi connectivity index (χ4n) is 1.56. The Kier molecular flexibility index (Phi) is 5.14. The number of halogens is 1. The highest BCUT2D eigenvalue weighted by atomic mass is 35.5. The minimum Gasteiger partial charge on any atom is -0.480 e. The molecular weight excluding hydrogens is 252 g/mol. The molecule has 18 heavy (non-hydrogen) atoms. The van der Waals surface area contributed by atoms with E-state index in [-0.39, 0.29) is 12.6 Å². The van der Waals surface area contributed by atoms with Gasteiger partial charge in [-0.1, -0.05) is 17.7 Å². The second kappa shape index (κ2) is 6.39. The van der Waals surface area contributed by atoms with Gasteiger partial charge in [0.1, 0.15) is 0 Å². The summed E-state index contributed by atoms with van der Waals surface area (Å²) in [5, 5.41) is 18.1. The van der Waals surface area contributed by atoms with Crippen LogP contribution in [0.4, 0.5) is 0 Å². The van der Waals surface area contributed by atoms with Crippen molar-refractivity contribution in [2.45, 2.75) is 26.4 Å². The highest BCUT2D eigenvalue weighted by molar-refractivity contribution is 6.31. The largest absolute Gasteiger partial charge is 0.480 e. The number of carboxylic acid groups (broad SMARTS) is 1. The lowest BCUT2D eigenvalue weighted by molar-refractivity contribution is -0.138. The Balaban J connectivity index is 2.87. The van der Waals surface area contributed by atoms with Crippen LogP contribution in [0.25, 0.3) is 0 Å². The Hall–Kier alpha value is -1.57. The first-order chi connectivity index (χ1) is 8.43. The van der Waals surface area contributed by atoms with E-state index in [0.29, 0.717) is 17.1 Å². The summed E-state index contributed by atoms with van der Waals surface area (Å²) in [5.41, 5.74) is 1.32. The molecule has 0 fully saturated rings. The van der Waals surface area contributed by atoms with Gasteiger partial charge in [0.2, 0.25) is 0 Å². The molecular formula is C13H15ClN2O2. The van der Waals surface area contributed by atoms with Crippen molar-refractivity contribution in [3.63, 3.8) is 0 Å². The zero-order chi connectivity index (χ0) is 13.7. The third-order valence-electron chi connectivity index (χ3n) is 2.62. The van der Waals surface area contributed by atoms with Gasteiger partial charge < -0.3 is 5.11 Å². The predicted octanol–water partition coefficient (Wildman–Crippen LogP) is 2.51. The second-order valence-corrected chi connectivity index (χ2v) is 4.72. The lowest BCUT2D eigenvalue weighted by Gasteiger charge is -2.24. The second-order valence-electron chi connectivity index (χ2n) is 4.31. The van der Waals surface area contributed by atoms with Crippen LogP contribution in [0.2, 0.25) is 5.02 Å². The lowest BCUT2D eigenvalue weighted by atomic mass is 10.1. The first-order valence-corrected chi connectivity index (χ1v) is 5.96. The lowest BCUT2D eigenvalue weighted by Crippen LogP contribution is -2.35. The van der Waals surface area contributed by atoms with Gasteiger partial charge in [-0.3, -0.25) is 9.69 Å². The van der Waals surface area contributed by atoms with Gasteiger partial charge in [0, 0.05) is 17.6 Å². The number of rotatable bonds is 5. The molecule has 0 atom stereocenters. The average Bonchev–Trinajstić information content (AvgIpc) is 2.29. The molecule has 96 valence electrons. The molecule has 1 aromatic carbocycles. The molecule has 0 unspecified atom stereocenters. The molecule has 1 rings (SSSR count). The quantitative estimate of drug-likeness (QED) is 0.889. The van der Waals surface area contributed by atoms with Crippen molar-refractivity contribution in [1.29, 1.82) is 5.26 Å². The number of nitrogens with zero attached hydrogens (tertiary/aromatic N) is 2. The molecule has 1 N–H and O–H groups in total. The van der Waals surface area contributed by atoms with Gasteiger partial charge in [-0.15, -0.1) is 0 Å². The first kappa shape index (κ1) is 14.5. The summed E-state index contributed by atoms with van der Waals surface area (Å²) in [6.07, 6.45) is 0. The van der Waals surface area contributed by atoms with Crippen LogP contribution >= 0.6 is 11.6 Å². The van der Waals surface area contributed by atoms with E-state index < -0.39 is 5.97 Å². The molecule has 0 heterocycles. The zero-order valence-corrected chi connectivity index (χ0v) is 11.1. The maximum atomic E-state index is 10.8. The number of carbonyl (C=O) groups is 1. The SMILES string of the molecule is CC(C)N(CC(=O)O)Cc1ccc(C#N)cc1Cl. The molecule has 4 nitrogen and oxygen atoms in total. The van der Waals surface area contributed by atoms with Crippen molar-refractivity contribution in [2.24, 2.45) is 0 Å². The highest BCUT2D eigenvalue weighted by Crippen LogP contribution is 2.20. The summed E-state index contributed by atoms with van der Waals surface area (Å²) in [6.45, 7) is 4.28. The van der Waals surface area contributed by atoms with Crippen LogP contribution in [0, 0.1) is 11.3 Å². The third kappa shape index (κ3) is 4.02. The Bertz CT molecular complexity index is 480. The third-order valence-corrected chi connectivity index (χ3v) is 2.98. The summed E-state index contributed by atoms with van der Waals surface area (Å²) < 4.78 is 0. The van der Waals surface area contributed by atoms with Crippen LogP contribution in [0.5, 0.6) is 0 Å². The number of benzene rings is 1. The van der Waals surface area contributed by atoms with Crippen LogP contribution < -0.4 is 0 Å². The zero-order valence-electron chi connectivity index (χ0n) is 10.4. The number of hydrogen-bond donors (Lipinski definition) is 1. The smallest absolute Gasteiger partial charge is 0.317 e. The van der Waals surface area contributed by atoms with Gasteiger partial charge in [-0.25, -0.2) is 0 Å². The van der Waals surface area contributed by atoms with E-state index in [1.165, 1.54) is 0 Å². The van der Waals surface area contributed by atoms with Crippen LogP contribution in [-0.2, 0) is 11.3 Å². The Labute approximate surface area is 111 Å². The maximum absolute atomic E-state index is 10.8. The average molecular weight is 267 g/mol. The van der Waals surface area contributed by atoms with Crippen molar-refractivity contribution in [1.82, 2.24) is 4.90 Å². The molecule has 0 aliphatic heterocycles. The maximum Gasteiger partial charge on any atom is 0.317 e. The van der Waals surface area contributed by atoms with Crippen LogP contribution in [-0.4, -0.2) is 28.6 Å². The first-order valence-electron chi connectivity index (χ1n) is 5.58. The monoisotopic (exact) mass is 266 g/mol. The molecule has 0 saturated heterocycles. The van der Waals surface area contributed by atoms with E-state index in [0.717, 1.165) is 5.56 Å². The van der Waals surface area contributed by atoms with Crippen molar-refractivity contribution in [3.8, 4) is 6.07 Å². The minimum atomic E-state index is -0.867. The van der Waals surface area contributed by atoms with E-state index in [4.69, 9.17) is 22.0 Å². The van der Waals surface area contributed by atoms with E-state index in [1.807, 2.05) is 19.9 Å². The molecule has 0 saturated carbocycles. The van der Waals surface area contributed by atoms with Crippen LogP contribution in [0.15, 0.2) is 18.2 Å². The van der Waals surface area contributed by atoms with Gasteiger partial charge in [-0.05, 0) is 31.5 Å². The Morgan fingerprint density at radius 3 is 2.67 bits per heavy atom. The molecule has 0 aliphatic carbocycles. The fourth-order valence-corrected chi connectivity index (χ4v) is 1.80. The molecule has 0 bridgehead atoms. The van der Waals surface area contributed by atoms with Crippen LogP contribution in [0.3, 0.4) is 0 Å². The summed E-state index contributed by atoms with van der Waals surface area (Å²) in [7, 11) is 0. The summed E-state index contributed by atoms with van der Waals surface area (Å²) in [5.74, 6) is -0.867. The van der Waals surface area contributed by atoms with Crippen LogP contribution in [0.1, 0.15) is 25.0 Å². The summed E-state index contributed by atoms with van der Waals surface area (Å²) >= 11 is 6.07. The van der Waals surface area contributed by atoms with E-state index >= 15 is 0 Å². The van der Waals surface area contributed by atoms with Gasteiger partial charge in [0.15, 0.2) is 0 Å². The van der Waals surface area contributed by atoms with Gasteiger partial charge in [-0.2, -0.15) is 5.26 Å². The van der Waals surface area contributed by atoms with Gasteiger partial charge in [0.25, 0.3) is 0 Å². The topological polar surface area (TPSA) is 64.3 Å². The van der Waals surface area contributed by atoms with Crippen molar-refractivity contribution in [2.75, 3.05) is 6.54 Å². The number of nitriles is 1. The number of aliphatic carboxylic acids is 1. The normalized spacial score (nSPS) is 10.7. The van der Waals surface area contributed by atoms with E-state index in [2.05, 4.69) is 0 Å². The molecule has 0 spiro atoms. The molecule has 0 aromatic heterocycles. The minimum absolute atomic E-state index is 0.0337. The predicted molar refractivity (Wildman–Crippen MR) is 69.3 cm³/mol. The molecule has 0 radical (unpaired) electrons. The van der Waals surface area contributed by atoms with E-state index in [1.54, 1.807) is 23.1 Å². The summed E-state index contributed by atoms with van der Waals surface area (Å²) in [6, 6.07) is 7.15. The van der Waals surface area contributed by atoms with Crippen molar-refractivity contribution < 1.29 is 9.90 Å². The van der Waals surface area contributed by atoms with Gasteiger partial charge in [0.05, 0.1) is 18.2 Å². The highest BCUT2D eigenvalue weighted by Gasteiger charge is 2.15. The standard InChI is InChI=1S/C13H15ClN2O2/c1-9(2)16(8-13(17)18)7-11-4-3-10(6-15)5-12(11)14/h3-5,9H,7-8H2,1-2H3,(H,17,18). The molecule has 0 aliphatic rings. The Morgan fingerprint density at radius 2 is 2.22 bits per heavy atom. The number of hydrogen-bond acceptors (Lipinski definition) is 3. The molecule has 1 aromatic rings. The molecule has 0 amide bonds.